The molecule has 28 heavy (non-hydrogen) atoms. The maximum atomic E-state index is 13.0. The van der Waals surface area contributed by atoms with E-state index in [1.807, 2.05) is 45.0 Å². The minimum Gasteiger partial charge on any atom is -0.484 e. The van der Waals surface area contributed by atoms with Gasteiger partial charge in [0.2, 0.25) is 5.91 Å². The zero-order valence-electron chi connectivity index (χ0n) is 16.6. The van der Waals surface area contributed by atoms with E-state index in [1.54, 1.807) is 29.2 Å². The summed E-state index contributed by atoms with van der Waals surface area (Å²) in [6.45, 7) is 6.48. The number of hydrogen-bond donors (Lipinski definition) is 1. The number of amides is 2. The fourth-order valence-electron chi connectivity index (χ4n) is 2.86. The first-order valence-electron chi connectivity index (χ1n) is 9.45. The van der Waals surface area contributed by atoms with E-state index in [2.05, 4.69) is 5.32 Å². The van der Waals surface area contributed by atoms with Crippen LogP contribution in [0, 0.1) is 6.92 Å². The monoisotopic (exact) mass is 402 g/mol. The van der Waals surface area contributed by atoms with Gasteiger partial charge in [0.05, 0.1) is 0 Å². The molecule has 2 amide bonds. The molecule has 5 nitrogen and oxygen atoms in total. The zero-order valence-corrected chi connectivity index (χ0v) is 17.3. The normalized spacial score (nSPS) is 11.6. The Kier molecular flexibility index (Phi) is 8.33. The highest BCUT2D eigenvalue weighted by Crippen LogP contribution is 2.17. The maximum Gasteiger partial charge on any atom is 0.261 e. The standard InChI is InChI=1S/C22H27ClN2O3/c1-4-20(22(27)24-5-2)25(14-17-8-6-16(3)7-9-17)21(26)15-28-19-12-10-18(23)11-13-19/h6-13,20H,4-5,14-15H2,1-3H3,(H,24,27). The van der Waals surface area contributed by atoms with Crippen molar-refractivity contribution >= 4 is 23.4 Å². The first kappa shape index (κ1) is 21.8. The summed E-state index contributed by atoms with van der Waals surface area (Å²) in [5.74, 6) is 0.157. The lowest BCUT2D eigenvalue weighted by Gasteiger charge is -2.30. The Labute approximate surface area is 171 Å². The van der Waals surface area contributed by atoms with E-state index in [9.17, 15) is 9.59 Å². The Morgan fingerprint density at radius 2 is 1.71 bits per heavy atom. The molecule has 1 atom stereocenters. The first-order valence-corrected chi connectivity index (χ1v) is 9.83. The third-order valence-electron chi connectivity index (χ3n) is 4.39. The number of carbonyl (C=O) groups is 2. The highest BCUT2D eigenvalue weighted by Gasteiger charge is 2.28. The summed E-state index contributed by atoms with van der Waals surface area (Å²) >= 11 is 5.88. The van der Waals surface area contributed by atoms with Crippen molar-refractivity contribution < 1.29 is 14.3 Å². The van der Waals surface area contributed by atoms with Crippen LogP contribution in [0.25, 0.3) is 0 Å². The van der Waals surface area contributed by atoms with Crippen LogP contribution in [0.2, 0.25) is 5.02 Å². The van der Waals surface area contributed by atoms with Crippen LogP contribution in [-0.2, 0) is 16.1 Å². The van der Waals surface area contributed by atoms with E-state index in [4.69, 9.17) is 16.3 Å². The lowest BCUT2D eigenvalue weighted by atomic mass is 10.1. The Hall–Kier alpha value is -2.53. The van der Waals surface area contributed by atoms with Crippen molar-refractivity contribution in [3.05, 3.63) is 64.7 Å². The summed E-state index contributed by atoms with van der Waals surface area (Å²) in [5.41, 5.74) is 2.11. The Morgan fingerprint density at radius 1 is 1.07 bits per heavy atom. The second kappa shape index (κ2) is 10.7. The van der Waals surface area contributed by atoms with Crippen molar-refractivity contribution in [3.8, 4) is 5.75 Å². The van der Waals surface area contributed by atoms with Gasteiger partial charge in [-0.3, -0.25) is 9.59 Å². The molecule has 0 fully saturated rings. The van der Waals surface area contributed by atoms with Crippen molar-refractivity contribution in [2.75, 3.05) is 13.2 Å². The molecule has 0 bridgehead atoms. The van der Waals surface area contributed by atoms with Crippen LogP contribution in [0.4, 0.5) is 0 Å². The van der Waals surface area contributed by atoms with Crippen molar-refractivity contribution in [2.24, 2.45) is 0 Å². The number of rotatable bonds is 9. The Morgan fingerprint density at radius 3 is 2.29 bits per heavy atom. The molecule has 0 aliphatic rings. The molecule has 1 N–H and O–H groups in total. The molecule has 2 aromatic carbocycles. The van der Waals surface area contributed by atoms with Crippen LogP contribution in [-0.4, -0.2) is 35.9 Å². The van der Waals surface area contributed by atoms with Gasteiger partial charge in [-0.05, 0) is 50.1 Å². The van der Waals surface area contributed by atoms with Crippen LogP contribution in [0.1, 0.15) is 31.4 Å². The van der Waals surface area contributed by atoms with Crippen LogP contribution in [0.5, 0.6) is 5.75 Å². The molecular formula is C22H27ClN2O3. The van der Waals surface area contributed by atoms with Crippen molar-refractivity contribution in [1.82, 2.24) is 10.2 Å². The largest absolute Gasteiger partial charge is 0.484 e. The molecule has 2 aromatic rings. The third-order valence-corrected chi connectivity index (χ3v) is 4.64. The summed E-state index contributed by atoms with van der Waals surface area (Å²) in [6, 6.07) is 14.2. The van der Waals surface area contributed by atoms with Gasteiger partial charge in [-0.25, -0.2) is 0 Å². The van der Waals surface area contributed by atoms with Gasteiger partial charge in [-0.1, -0.05) is 48.4 Å². The molecule has 0 saturated heterocycles. The quantitative estimate of drug-likeness (QED) is 0.690. The number of nitrogens with zero attached hydrogens (tertiary/aromatic N) is 1. The molecular weight excluding hydrogens is 376 g/mol. The molecule has 0 aliphatic carbocycles. The summed E-state index contributed by atoms with van der Waals surface area (Å²) in [7, 11) is 0. The molecule has 0 saturated carbocycles. The highest BCUT2D eigenvalue weighted by molar-refractivity contribution is 6.30. The second-order valence-corrected chi connectivity index (χ2v) is 7.00. The number of hydrogen-bond acceptors (Lipinski definition) is 3. The van der Waals surface area contributed by atoms with Gasteiger partial charge in [0, 0.05) is 18.1 Å². The molecule has 0 aliphatic heterocycles. The molecule has 2 rings (SSSR count). The first-order chi connectivity index (χ1) is 13.4. The van der Waals surface area contributed by atoms with Gasteiger partial charge < -0.3 is 15.0 Å². The fraction of sp³-hybridized carbons (Fsp3) is 0.364. The van der Waals surface area contributed by atoms with E-state index in [0.717, 1.165) is 11.1 Å². The topological polar surface area (TPSA) is 58.6 Å². The summed E-state index contributed by atoms with van der Waals surface area (Å²) in [5, 5.41) is 3.42. The molecule has 150 valence electrons. The third kappa shape index (κ3) is 6.27. The average Bonchev–Trinajstić information content (AvgIpc) is 2.69. The average molecular weight is 403 g/mol. The maximum absolute atomic E-state index is 13.0. The number of nitrogens with one attached hydrogen (secondary N) is 1. The molecule has 0 radical (unpaired) electrons. The molecule has 0 heterocycles. The number of likely N-dealkylation sites (N-methyl/N-ethyl adjacent to an activating group) is 1. The van der Waals surface area contributed by atoms with E-state index in [-0.39, 0.29) is 18.4 Å². The van der Waals surface area contributed by atoms with E-state index in [0.29, 0.717) is 30.3 Å². The summed E-state index contributed by atoms with van der Waals surface area (Å²) in [4.78, 5) is 27.1. The number of aryl methyl sites for hydroxylation is 1. The van der Waals surface area contributed by atoms with Gasteiger partial charge in [0.1, 0.15) is 11.8 Å². The Balaban J connectivity index is 2.16. The van der Waals surface area contributed by atoms with Crippen molar-refractivity contribution in [3.63, 3.8) is 0 Å². The van der Waals surface area contributed by atoms with Crippen LogP contribution in [0.15, 0.2) is 48.5 Å². The predicted molar refractivity (Wildman–Crippen MR) is 111 cm³/mol. The zero-order chi connectivity index (χ0) is 20.5. The van der Waals surface area contributed by atoms with Gasteiger partial charge in [0.25, 0.3) is 5.91 Å². The number of benzene rings is 2. The second-order valence-electron chi connectivity index (χ2n) is 6.57. The van der Waals surface area contributed by atoms with Gasteiger partial charge >= 0.3 is 0 Å². The molecule has 0 spiro atoms. The lowest BCUT2D eigenvalue weighted by molar-refractivity contribution is -0.142. The van der Waals surface area contributed by atoms with E-state index in [1.165, 1.54) is 0 Å². The minimum absolute atomic E-state index is 0.149. The van der Waals surface area contributed by atoms with Gasteiger partial charge in [0.15, 0.2) is 6.61 Å². The summed E-state index contributed by atoms with van der Waals surface area (Å²) in [6.07, 6.45) is 0.518. The van der Waals surface area contributed by atoms with Gasteiger partial charge in [-0.2, -0.15) is 0 Å². The van der Waals surface area contributed by atoms with E-state index < -0.39 is 6.04 Å². The number of halogens is 1. The Bertz CT molecular complexity index is 775. The summed E-state index contributed by atoms with van der Waals surface area (Å²) < 4.78 is 5.61. The van der Waals surface area contributed by atoms with Crippen molar-refractivity contribution in [1.29, 1.82) is 0 Å². The van der Waals surface area contributed by atoms with Gasteiger partial charge in [-0.15, -0.1) is 0 Å². The number of ether oxygens (including phenoxy) is 1. The SMILES string of the molecule is CCNC(=O)C(CC)N(Cc1ccc(C)cc1)C(=O)COc1ccc(Cl)cc1. The van der Waals surface area contributed by atoms with Crippen LogP contribution < -0.4 is 10.1 Å². The van der Waals surface area contributed by atoms with Crippen LogP contribution in [0.3, 0.4) is 0 Å². The van der Waals surface area contributed by atoms with E-state index >= 15 is 0 Å². The highest BCUT2D eigenvalue weighted by atomic mass is 35.5. The smallest absolute Gasteiger partial charge is 0.261 e. The molecule has 6 heteroatoms. The van der Waals surface area contributed by atoms with Crippen LogP contribution >= 0.6 is 11.6 Å². The number of carbonyl (C=O) groups excluding carboxylic acids is 2. The minimum atomic E-state index is -0.553. The lowest BCUT2D eigenvalue weighted by Crippen LogP contribution is -2.50. The molecule has 0 aromatic heterocycles. The van der Waals surface area contributed by atoms with Crippen molar-refractivity contribution in [2.45, 2.75) is 39.8 Å². The fourth-order valence-corrected chi connectivity index (χ4v) is 2.99. The predicted octanol–water partition coefficient (Wildman–Crippen LogP) is 3.97. The molecule has 1 unspecified atom stereocenters.